The smallest absolute Gasteiger partial charge is 0.127 e. The number of hydrogen-bond acceptors (Lipinski definition) is 1. The number of allylic oxidation sites excluding steroid dienone is 1. The second-order valence-electron chi connectivity index (χ2n) is 5.00. The van der Waals surface area contributed by atoms with Gasteiger partial charge in [0.05, 0.1) is 0 Å². The Kier molecular flexibility index (Phi) is 8.93. The number of rotatable bonds is 6. The molecular formula is C21H28FN. The van der Waals surface area contributed by atoms with Gasteiger partial charge in [0.2, 0.25) is 0 Å². The lowest BCUT2D eigenvalue weighted by atomic mass is 9.92. The highest BCUT2D eigenvalue weighted by Gasteiger charge is 2.12. The van der Waals surface area contributed by atoms with E-state index in [1.54, 1.807) is 6.07 Å². The van der Waals surface area contributed by atoms with Crippen molar-refractivity contribution in [1.82, 2.24) is 5.32 Å². The van der Waals surface area contributed by atoms with E-state index in [1.165, 1.54) is 0 Å². The summed E-state index contributed by atoms with van der Waals surface area (Å²) in [6.45, 7) is 6.89. The average molecular weight is 313 g/mol. The summed E-state index contributed by atoms with van der Waals surface area (Å²) in [7, 11) is 1.90. The quantitative estimate of drug-likeness (QED) is 0.704. The molecule has 2 rings (SSSR count). The Morgan fingerprint density at radius 1 is 0.957 bits per heavy atom. The van der Waals surface area contributed by atoms with Gasteiger partial charge in [-0.15, -0.1) is 0 Å². The lowest BCUT2D eigenvalue weighted by molar-refractivity contribution is 0.612. The van der Waals surface area contributed by atoms with E-state index in [4.69, 9.17) is 0 Å². The first kappa shape index (κ1) is 19.1. The third kappa shape index (κ3) is 5.33. The summed E-state index contributed by atoms with van der Waals surface area (Å²) in [5.41, 5.74) is 4.20. The van der Waals surface area contributed by atoms with Crippen molar-refractivity contribution in [3.63, 3.8) is 0 Å². The van der Waals surface area contributed by atoms with Crippen LogP contribution in [-0.4, -0.2) is 13.6 Å². The second kappa shape index (κ2) is 10.7. The molecule has 0 amide bonds. The molecule has 0 fully saturated rings. The lowest BCUT2D eigenvalue weighted by Crippen LogP contribution is -2.04. The average Bonchev–Trinajstić information content (AvgIpc) is 2.62. The van der Waals surface area contributed by atoms with Crippen molar-refractivity contribution in [2.75, 3.05) is 13.6 Å². The topological polar surface area (TPSA) is 12.0 Å². The Morgan fingerprint density at radius 2 is 1.65 bits per heavy atom. The van der Waals surface area contributed by atoms with Crippen molar-refractivity contribution in [2.24, 2.45) is 0 Å². The van der Waals surface area contributed by atoms with E-state index < -0.39 is 0 Å². The Balaban J connectivity index is 0.00000127. The molecule has 0 aliphatic carbocycles. The van der Waals surface area contributed by atoms with Crippen LogP contribution in [0.1, 0.15) is 31.9 Å². The number of nitrogens with one attached hydrogen (secondary N) is 1. The minimum Gasteiger partial charge on any atom is -0.316 e. The van der Waals surface area contributed by atoms with E-state index in [9.17, 15) is 4.39 Å². The maximum atomic E-state index is 14.2. The third-order valence-corrected chi connectivity index (χ3v) is 3.62. The van der Waals surface area contributed by atoms with Crippen LogP contribution in [0, 0.1) is 5.82 Å². The van der Waals surface area contributed by atoms with Gasteiger partial charge in [-0.2, -0.15) is 0 Å². The van der Waals surface area contributed by atoms with Crippen LogP contribution in [0.25, 0.3) is 11.1 Å². The molecule has 0 unspecified atom stereocenters. The molecular weight excluding hydrogens is 285 g/mol. The van der Waals surface area contributed by atoms with Crippen LogP contribution < -0.4 is 5.32 Å². The molecule has 2 aromatic carbocycles. The Morgan fingerprint density at radius 3 is 2.26 bits per heavy atom. The summed E-state index contributed by atoms with van der Waals surface area (Å²) in [6, 6.07) is 13.7. The highest BCUT2D eigenvalue weighted by atomic mass is 19.1. The second-order valence-corrected chi connectivity index (χ2v) is 5.00. The summed E-state index contributed by atoms with van der Waals surface area (Å²) in [6.07, 6.45) is 5.53. The van der Waals surface area contributed by atoms with Gasteiger partial charge in [0, 0.05) is 6.54 Å². The predicted molar refractivity (Wildman–Crippen MR) is 99.3 cm³/mol. The van der Waals surface area contributed by atoms with Crippen LogP contribution in [0.5, 0.6) is 0 Å². The SMILES string of the molecule is CC.CCc1c(-c2ccccc2)ccc(F)c1C/C=C\CNC. The van der Waals surface area contributed by atoms with Gasteiger partial charge in [-0.1, -0.05) is 69.3 Å². The molecule has 0 heterocycles. The van der Waals surface area contributed by atoms with E-state index in [1.807, 2.05) is 57.3 Å². The molecule has 0 atom stereocenters. The minimum absolute atomic E-state index is 0.111. The van der Waals surface area contributed by atoms with Gasteiger partial charge in [-0.25, -0.2) is 4.39 Å². The number of halogens is 1. The normalized spacial score (nSPS) is 10.5. The summed E-state index contributed by atoms with van der Waals surface area (Å²) in [4.78, 5) is 0. The minimum atomic E-state index is -0.111. The Labute approximate surface area is 140 Å². The van der Waals surface area contributed by atoms with Crippen molar-refractivity contribution >= 4 is 0 Å². The molecule has 0 aliphatic heterocycles. The number of likely N-dealkylation sites (N-methyl/N-ethyl adjacent to an activating group) is 1. The lowest BCUT2D eigenvalue weighted by Gasteiger charge is -2.14. The van der Waals surface area contributed by atoms with Crippen molar-refractivity contribution < 1.29 is 4.39 Å². The van der Waals surface area contributed by atoms with Gasteiger partial charge in [0.1, 0.15) is 5.82 Å². The van der Waals surface area contributed by atoms with Crippen LogP contribution >= 0.6 is 0 Å². The Hall–Kier alpha value is -1.93. The van der Waals surface area contributed by atoms with E-state index in [0.717, 1.165) is 35.2 Å². The fourth-order valence-corrected chi connectivity index (χ4v) is 2.58. The van der Waals surface area contributed by atoms with E-state index in [0.29, 0.717) is 6.42 Å². The van der Waals surface area contributed by atoms with Gasteiger partial charge < -0.3 is 5.32 Å². The molecule has 0 saturated heterocycles. The fraction of sp³-hybridized carbons (Fsp3) is 0.333. The van der Waals surface area contributed by atoms with Crippen molar-refractivity contribution in [3.05, 3.63) is 71.6 Å². The zero-order chi connectivity index (χ0) is 17.1. The van der Waals surface area contributed by atoms with Crippen LogP contribution in [0.2, 0.25) is 0 Å². The predicted octanol–water partition coefficient (Wildman–Crippen LogP) is 5.40. The standard InChI is InChI=1S/C19H22FN.C2H6/c1-3-16-17(15-9-5-4-6-10-15)12-13-19(20)18(16)11-7-8-14-21-2;1-2/h4-10,12-13,21H,3,11,14H2,1-2H3;1-2H3/b8-7-;. The van der Waals surface area contributed by atoms with Crippen LogP contribution in [0.3, 0.4) is 0 Å². The number of hydrogen-bond donors (Lipinski definition) is 1. The van der Waals surface area contributed by atoms with Gasteiger partial charge in [0.25, 0.3) is 0 Å². The highest BCUT2D eigenvalue weighted by Crippen LogP contribution is 2.29. The molecule has 2 aromatic rings. The molecule has 23 heavy (non-hydrogen) atoms. The molecule has 0 saturated carbocycles. The molecule has 0 spiro atoms. The molecule has 0 aromatic heterocycles. The van der Waals surface area contributed by atoms with E-state index in [-0.39, 0.29) is 5.82 Å². The third-order valence-electron chi connectivity index (χ3n) is 3.62. The van der Waals surface area contributed by atoms with Crippen molar-refractivity contribution in [2.45, 2.75) is 33.6 Å². The molecule has 124 valence electrons. The summed E-state index contributed by atoms with van der Waals surface area (Å²) >= 11 is 0. The zero-order valence-electron chi connectivity index (χ0n) is 14.7. The molecule has 0 radical (unpaired) electrons. The maximum absolute atomic E-state index is 14.2. The van der Waals surface area contributed by atoms with Crippen LogP contribution in [0.15, 0.2) is 54.6 Å². The largest absolute Gasteiger partial charge is 0.316 e. The van der Waals surface area contributed by atoms with Crippen molar-refractivity contribution in [3.8, 4) is 11.1 Å². The van der Waals surface area contributed by atoms with Crippen molar-refractivity contribution in [1.29, 1.82) is 0 Å². The maximum Gasteiger partial charge on any atom is 0.127 e. The molecule has 0 aliphatic rings. The highest BCUT2D eigenvalue weighted by molar-refractivity contribution is 5.69. The summed E-state index contributed by atoms with van der Waals surface area (Å²) in [5, 5.41) is 3.05. The van der Waals surface area contributed by atoms with Gasteiger partial charge in [-0.3, -0.25) is 0 Å². The van der Waals surface area contributed by atoms with Gasteiger partial charge >= 0.3 is 0 Å². The van der Waals surface area contributed by atoms with E-state index >= 15 is 0 Å². The molecule has 1 N–H and O–H groups in total. The van der Waals surface area contributed by atoms with Gasteiger partial charge in [0.15, 0.2) is 0 Å². The summed E-state index contributed by atoms with van der Waals surface area (Å²) < 4.78 is 14.2. The summed E-state index contributed by atoms with van der Waals surface area (Å²) in [5.74, 6) is -0.111. The van der Waals surface area contributed by atoms with Crippen LogP contribution in [0.4, 0.5) is 4.39 Å². The first-order valence-corrected chi connectivity index (χ1v) is 8.43. The first-order valence-electron chi connectivity index (χ1n) is 8.43. The first-order chi connectivity index (χ1) is 11.3. The van der Waals surface area contributed by atoms with E-state index in [2.05, 4.69) is 24.4 Å². The fourth-order valence-electron chi connectivity index (χ4n) is 2.58. The molecule has 1 nitrogen and oxygen atoms in total. The monoisotopic (exact) mass is 313 g/mol. The Bertz CT molecular complexity index is 603. The zero-order valence-corrected chi connectivity index (χ0v) is 14.7. The van der Waals surface area contributed by atoms with Crippen LogP contribution in [-0.2, 0) is 12.8 Å². The van der Waals surface area contributed by atoms with Gasteiger partial charge in [-0.05, 0) is 48.2 Å². The number of benzene rings is 2. The molecule has 2 heteroatoms. The molecule has 0 bridgehead atoms.